The van der Waals surface area contributed by atoms with Gasteiger partial charge in [-0.15, -0.1) is 22.7 Å². The van der Waals surface area contributed by atoms with Crippen molar-refractivity contribution in [2.24, 2.45) is 9.98 Å². The van der Waals surface area contributed by atoms with Crippen LogP contribution in [0.2, 0.25) is 0 Å². The SMILES string of the molecule is [C-]#[N+]C(C#N)=Nc1cc(OC)c(-c2cc3c(C)c4sc(-c5sc(N=C(C#N)[N+]#[C-])cc5OC)cc4c(C)c3s2)s1. The van der Waals surface area contributed by atoms with Gasteiger partial charge in [-0.05, 0) is 47.9 Å². The number of thiophene rings is 4. The average Bonchev–Trinajstić information content (AvgIpc) is 3.76. The second-order valence-corrected chi connectivity index (χ2v) is 12.4. The molecule has 8 nitrogen and oxygen atoms in total. The summed E-state index contributed by atoms with van der Waals surface area (Å²) in [7, 11) is 3.19. The number of amidine groups is 2. The van der Waals surface area contributed by atoms with Gasteiger partial charge in [0.25, 0.3) is 0 Å². The van der Waals surface area contributed by atoms with Crippen molar-refractivity contribution in [1.82, 2.24) is 0 Å². The van der Waals surface area contributed by atoms with Crippen molar-refractivity contribution in [3.8, 4) is 43.1 Å². The lowest BCUT2D eigenvalue weighted by Gasteiger charge is -2.03. The lowest BCUT2D eigenvalue weighted by molar-refractivity contribution is 0.418. The molecule has 0 spiro atoms. The Hall–Kier alpha value is -4.56. The zero-order chi connectivity index (χ0) is 28.6. The van der Waals surface area contributed by atoms with Gasteiger partial charge < -0.3 is 19.2 Å². The summed E-state index contributed by atoms with van der Waals surface area (Å²) in [4.78, 5) is 18.5. The number of fused-ring (bicyclic) bond motifs is 2. The molecule has 12 heteroatoms. The van der Waals surface area contributed by atoms with E-state index in [4.69, 9.17) is 33.1 Å². The van der Waals surface area contributed by atoms with Crippen LogP contribution in [0.4, 0.5) is 10.0 Å². The molecule has 4 heterocycles. The summed E-state index contributed by atoms with van der Waals surface area (Å²) in [6, 6.07) is 11.4. The lowest BCUT2D eigenvalue weighted by Crippen LogP contribution is -1.81. The van der Waals surface area contributed by atoms with E-state index in [1.807, 2.05) is 0 Å². The fourth-order valence-electron chi connectivity index (χ4n) is 4.20. The molecule has 5 aromatic rings. The first kappa shape index (κ1) is 27.0. The van der Waals surface area contributed by atoms with E-state index in [1.165, 1.54) is 32.1 Å². The summed E-state index contributed by atoms with van der Waals surface area (Å²) in [5.74, 6) is 0.872. The summed E-state index contributed by atoms with van der Waals surface area (Å²) >= 11 is 6.12. The van der Waals surface area contributed by atoms with Gasteiger partial charge in [0.05, 0.1) is 24.0 Å². The molecule has 0 aliphatic heterocycles. The van der Waals surface area contributed by atoms with Crippen LogP contribution in [0, 0.1) is 49.7 Å². The van der Waals surface area contributed by atoms with Gasteiger partial charge in [-0.3, -0.25) is 0 Å². The fourth-order valence-corrected chi connectivity index (χ4v) is 8.87. The van der Waals surface area contributed by atoms with Crippen LogP contribution in [-0.2, 0) is 0 Å². The summed E-state index contributed by atoms with van der Waals surface area (Å²) < 4.78 is 13.6. The van der Waals surface area contributed by atoms with Gasteiger partial charge in [0, 0.05) is 31.3 Å². The van der Waals surface area contributed by atoms with Gasteiger partial charge in [0.2, 0.25) is 10.0 Å². The van der Waals surface area contributed by atoms with Gasteiger partial charge in [-0.25, -0.2) is 10.5 Å². The van der Waals surface area contributed by atoms with E-state index in [9.17, 15) is 0 Å². The second kappa shape index (κ2) is 10.9. The summed E-state index contributed by atoms with van der Waals surface area (Å²) in [5.41, 5.74) is 2.33. The van der Waals surface area contributed by atoms with Crippen molar-refractivity contribution in [2.45, 2.75) is 13.8 Å². The van der Waals surface area contributed by atoms with E-state index in [2.05, 4.69) is 45.7 Å². The van der Waals surface area contributed by atoms with Crippen molar-refractivity contribution in [3.63, 3.8) is 0 Å². The number of benzene rings is 1. The highest BCUT2D eigenvalue weighted by molar-refractivity contribution is 7.29. The van der Waals surface area contributed by atoms with E-state index in [1.54, 1.807) is 61.2 Å². The second-order valence-electron chi connectivity index (χ2n) is 8.24. The van der Waals surface area contributed by atoms with E-state index in [0.717, 1.165) is 41.4 Å². The maximum absolute atomic E-state index is 9.09. The average molecular weight is 597 g/mol. The molecule has 0 N–H and O–H groups in total. The van der Waals surface area contributed by atoms with Crippen molar-refractivity contribution < 1.29 is 9.47 Å². The highest BCUT2D eigenvalue weighted by Crippen LogP contribution is 2.51. The Morgan fingerprint density at radius 3 is 1.45 bits per heavy atom. The van der Waals surface area contributed by atoms with E-state index in [0.29, 0.717) is 21.5 Å². The molecule has 40 heavy (non-hydrogen) atoms. The zero-order valence-electron chi connectivity index (χ0n) is 21.4. The molecule has 0 aliphatic rings. The Balaban J connectivity index is 1.63. The van der Waals surface area contributed by atoms with Crippen LogP contribution in [0.25, 0.3) is 49.4 Å². The third-order valence-corrected chi connectivity index (χ3v) is 10.9. The molecule has 0 aliphatic carbocycles. The third-order valence-electron chi connectivity index (χ3n) is 6.05. The topological polar surface area (TPSA) is 99.5 Å². The first-order chi connectivity index (χ1) is 19.3. The first-order valence-electron chi connectivity index (χ1n) is 11.4. The molecule has 0 atom stereocenters. The van der Waals surface area contributed by atoms with Crippen LogP contribution in [0.5, 0.6) is 11.5 Å². The highest BCUT2D eigenvalue weighted by Gasteiger charge is 2.22. The Bertz CT molecular complexity index is 1830. The van der Waals surface area contributed by atoms with Gasteiger partial charge in [0.1, 0.15) is 23.6 Å². The number of ether oxygens (including phenoxy) is 2. The van der Waals surface area contributed by atoms with Crippen LogP contribution in [0.1, 0.15) is 11.1 Å². The molecular weight excluding hydrogens is 581 g/mol. The van der Waals surface area contributed by atoms with Gasteiger partial charge >= 0.3 is 11.7 Å². The molecule has 1 aromatic carbocycles. The highest BCUT2D eigenvalue weighted by atomic mass is 32.1. The fraction of sp³-hybridized carbons (Fsp3) is 0.143. The van der Waals surface area contributed by atoms with Crippen LogP contribution >= 0.6 is 45.3 Å². The Morgan fingerprint density at radius 2 is 1.12 bits per heavy atom. The number of methoxy groups -OCH3 is 2. The standard InChI is InChI=1S/C28H16N6O2S4/c1-13-15-7-19(27-17(35-5)9-23(39-27)33-21(11-29)31-3)38-26(15)14(2)16-8-20(37-25(13)16)28-18(36-6)10-24(40-28)34-22(12-30)32-4/h7-10H,1-2,5-6H3. The molecule has 0 unspecified atom stereocenters. The molecule has 0 saturated carbocycles. The molecular formula is C28H16N6O2S4. The van der Waals surface area contributed by atoms with Crippen LogP contribution in [0.3, 0.4) is 0 Å². The zero-order valence-corrected chi connectivity index (χ0v) is 24.7. The monoisotopic (exact) mass is 596 g/mol. The van der Waals surface area contributed by atoms with Crippen LogP contribution in [0.15, 0.2) is 34.3 Å². The molecule has 0 amide bonds. The van der Waals surface area contributed by atoms with Crippen molar-refractivity contribution in [2.75, 3.05) is 14.2 Å². The largest absolute Gasteiger partial charge is 0.495 e. The van der Waals surface area contributed by atoms with Crippen molar-refractivity contribution in [3.05, 3.63) is 58.2 Å². The Kier molecular flexibility index (Phi) is 7.36. The summed E-state index contributed by atoms with van der Waals surface area (Å²) in [6.45, 7) is 18.4. The number of aliphatic imine (C=N–C) groups is 2. The van der Waals surface area contributed by atoms with Gasteiger partial charge in [-0.1, -0.05) is 45.8 Å². The number of rotatable bonds is 6. The molecule has 0 saturated heterocycles. The number of nitrogens with zero attached hydrogens (tertiary/aromatic N) is 6. The smallest absolute Gasteiger partial charge is 0.350 e. The van der Waals surface area contributed by atoms with Crippen molar-refractivity contribution in [1.29, 1.82) is 10.5 Å². The van der Waals surface area contributed by atoms with E-state index >= 15 is 0 Å². The van der Waals surface area contributed by atoms with Gasteiger partial charge in [-0.2, -0.15) is 0 Å². The first-order valence-corrected chi connectivity index (χ1v) is 14.7. The maximum Gasteiger partial charge on any atom is 0.350 e. The Labute approximate surface area is 245 Å². The number of hydrogen-bond acceptors (Lipinski definition) is 10. The predicted molar refractivity (Wildman–Crippen MR) is 165 cm³/mol. The molecule has 0 radical (unpaired) electrons. The third kappa shape index (κ3) is 4.60. The Morgan fingerprint density at radius 1 is 0.725 bits per heavy atom. The lowest BCUT2D eigenvalue weighted by atomic mass is 10.0. The minimum absolute atomic E-state index is 0.215. The molecule has 0 bridgehead atoms. The minimum atomic E-state index is -0.215. The van der Waals surface area contributed by atoms with Crippen LogP contribution in [-0.4, -0.2) is 25.9 Å². The predicted octanol–water partition coefficient (Wildman–Crippen LogP) is 9.15. The van der Waals surface area contributed by atoms with E-state index < -0.39 is 0 Å². The number of hydrogen-bond donors (Lipinski definition) is 0. The number of nitriles is 2. The molecule has 4 aromatic heterocycles. The van der Waals surface area contributed by atoms with Crippen molar-refractivity contribution >= 4 is 87.2 Å². The summed E-state index contributed by atoms with van der Waals surface area (Å²) in [5, 5.41) is 21.6. The molecule has 5 rings (SSSR count). The summed E-state index contributed by atoms with van der Waals surface area (Å²) in [6.07, 6.45) is 0. The van der Waals surface area contributed by atoms with Gasteiger partial charge in [0.15, 0.2) is 0 Å². The molecule has 194 valence electrons. The molecule has 0 fully saturated rings. The minimum Gasteiger partial charge on any atom is -0.495 e. The quantitative estimate of drug-likeness (QED) is 0.111. The normalized spacial score (nSPS) is 11.7. The maximum atomic E-state index is 9.09. The van der Waals surface area contributed by atoms with E-state index in [-0.39, 0.29) is 11.7 Å². The van der Waals surface area contributed by atoms with Crippen LogP contribution < -0.4 is 9.47 Å². The number of aryl methyl sites for hydroxylation is 2.